The first kappa shape index (κ1) is 13.8. The minimum absolute atomic E-state index is 0.0203. The summed E-state index contributed by atoms with van der Waals surface area (Å²) in [6, 6.07) is 4.29. The number of halogens is 1. The Labute approximate surface area is 112 Å². The third-order valence-electron chi connectivity index (χ3n) is 3.71. The summed E-state index contributed by atoms with van der Waals surface area (Å²) >= 11 is 0. The van der Waals surface area contributed by atoms with Gasteiger partial charge in [0.2, 0.25) is 5.91 Å². The highest BCUT2D eigenvalue weighted by Gasteiger charge is 2.41. The van der Waals surface area contributed by atoms with Crippen LogP contribution in [-0.2, 0) is 11.4 Å². The second-order valence-corrected chi connectivity index (χ2v) is 5.37. The molecule has 104 valence electrons. The van der Waals surface area contributed by atoms with Crippen LogP contribution >= 0.6 is 0 Å². The number of benzene rings is 1. The van der Waals surface area contributed by atoms with E-state index < -0.39 is 5.54 Å². The maximum Gasteiger partial charge on any atom is 0.247 e. The summed E-state index contributed by atoms with van der Waals surface area (Å²) in [5, 5.41) is 9.37. The fourth-order valence-corrected chi connectivity index (χ4v) is 2.58. The van der Waals surface area contributed by atoms with Crippen molar-refractivity contribution in [1.82, 2.24) is 4.90 Å². The molecule has 0 aliphatic carbocycles. The normalized spacial score (nSPS) is 18.9. The minimum atomic E-state index is -0.700. The van der Waals surface area contributed by atoms with Crippen LogP contribution in [0.1, 0.15) is 19.4 Å². The summed E-state index contributed by atoms with van der Waals surface area (Å²) < 4.78 is 13.2. The van der Waals surface area contributed by atoms with Gasteiger partial charge in [-0.3, -0.25) is 4.79 Å². The van der Waals surface area contributed by atoms with Crippen molar-refractivity contribution in [3.05, 3.63) is 29.6 Å². The van der Waals surface area contributed by atoms with Gasteiger partial charge in [0, 0.05) is 31.4 Å². The van der Waals surface area contributed by atoms with Crippen LogP contribution in [0.2, 0.25) is 0 Å². The van der Waals surface area contributed by atoms with E-state index in [4.69, 9.17) is 0 Å². The van der Waals surface area contributed by atoms with Gasteiger partial charge in [0.15, 0.2) is 0 Å². The van der Waals surface area contributed by atoms with Crippen molar-refractivity contribution in [2.75, 3.05) is 25.0 Å². The number of rotatable bonds is 2. The number of anilines is 1. The molecule has 4 nitrogen and oxygen atoms in total. The third-order valence-corrected chi connectivity index (χ3v) is 3.71. The molecule has 0 aromatic heterocycles. The van der Waals surface area contributed by atoms with Crippen LogP contribution < -0.4 is 4.90 Å². The lowest BCUT2D eigenvalue weighted by Crippen LogP contribution is -2.62. The average Bonchev–Trinajstić information content (AvgIpc) is 2.37. The van der Waals surface area contributed by atoms with E-state index in [0.29, 0.717) is 18.7 Å². The molecular formula is C14H19FN2O2. The molecule has 1 amide bonds. The minimum Gasteiger partial charge on any atom is -0.392 e. The molecule has 2 rings (SSSR count). The van der Waals surface area contributed by atoms with Gasteiger partial charge in [0.1, 0.15) is 11.4 Å². The van der Waals surface area contributed by atoms with Crippen molar-refractivity contribution in [3.8, 4) is 0 Å². The van der Waals surface area contributed by atoms with Gasteiger partial charge in [-0.25, -0.2) is 4.39 Å². The van der Waals surface area contributed by atoms with E-state index >= 15 is 0 Å². The monoisotopic (exact) mass is 266 g/mol. The molecule has 1 heterocycles. The molecule has 0 atom stereocenters. The van der Waals surface area contributed by atoms with Gasteiger partial charge in [0.05, 0.1) is 6.61 Å². The lowest BCUT2D eigenvalue weighted by Gasteiger charge is -2.46. The van der Waals surface area contributed by atoms with Crippen molar-refractivity contribution in [2.45, 2.75) is 26.0 Å². The van der Waals surface area contributed by atoms with Crippen molar-refractivity contribution in [3.63, 3.8) is 0 Å². The Morgan fingerprint density at radius 2 is 2.05 bits per heavy atom. The molecule has 5 heteroatoms. The molecule has 0 unspecified atom stereocenters. The van der Waals surface area contributed by atoms with Crippen LogP contribution in [0.3, 0.4) is 0 Å². The van der Waals surface area contributed by atoms with Crippen LogP contribution in [0.25, 0.3) is 0 Å². The van der Waals surface area contributed by atoms with Crippen molar-refractivity contribution >= 4 is 11.6 Å². The number of amides is 1. The van der Waals surface area contributed by atoms with Crippen molar-refractivity contribution in [2.24, 2.45) is 0 Å². The Morgan fingerprint density at radius 1 is 1.37 bits per heavy atom. The van der Waals surface area contributed by atoms with Gasteiger partial charge in [-0.1, -0.05) is 0 Å². The fraction of sp³-hybridized carbons (Fsp3) is 0.500. The van der Waals surface area contributed by atoms with Gasteiger partial charge in [0.25, 0.3) is 0 Å². The molecule has 19 heavy (non-hydrogen) atoms. The number of carbonyl (C=O) groups is 1. The number of piperazine rings is 1. The van der Waals surface area contributed by atoms with Gasteiger partial charge in [-0.2, -0.15) is 0 Å². The molecule has 1 saturated heterocycles. The Kier molecular flexibility index (Phi) is 3.49. The molecule has 0 spiro atoms. The van der Waals surface area contributed by atoms with E-state index in [1.54, 1.807) is 18.0 Å². The standard InChI is InChI=1S/C14H19FN2O2/c1-14(2)13(19)16(3)6-7-17(14)12-5-4-11(15)8-10(12)9-18/h4-5,8,18H,6-7,9H2,1-3H3. The zero-order chi connectivity index (χ0) is 14.2. The number of nitrogens with zero attached hydrogens (tertiary/aromatic N) is 2. The largest absolute Gasteiger partial charge is 0.392 e. The second kappa shape index (κ2) is 4.81. The Bertz CT molecular complexity index is 502. The van der Waals surface area contributed by atoms with Gasteiger partial charge < -0.3 is 14.9 Å². The summed E-state index contributed by atoms with van der Waals surface area (Å²) in [5.74, 6) is -0.363. The molecule has 1 aromatic carbocycles. The molecule has 1 aliphatic heterocycles. The number of aliphatic hydroxyl groups excluding tert-OH is 1. The number of aliphatic hydroxyl groups is 1. The van der Waals surface area contributed by atoms with Crippen molar-refractivity contribution in [1.29, 1.82) is 0 Å². The zero-order valence-corrected chi connectivity index (χ0v) is 11.5. The summed E-state index contributed by atoms with van der Waals surface area (Å²) in [4.78, 5) is 15.9. The van der Waals surface area contributed by atoms with Gasteiger partial charge >= 0.3 is 0 Å². The Hall–Kier alpha value is -1.62. The number of likely N-dealkylation sites (N-methyl/N-ethyl adjacent to an activating group) is 1. The van der Waals surface area contributed by atoms with E-state index in [1.165, 1.54) is 12.1 Å². The number of hydrogen-bond donors (Lipinski definition) is 1. The molecular weight excluding hydrogens is 247 g/mol. The SMILES string of the molecule is CN1CCN(c2ccc(F)cc2CO)C(C)(C)C1=O. The summed E-state index contributed by atoms with van der Waals surface area (Å²) in [5.41, 5.74) is 0.523. The van der Waals surface area contributed by atoms with Gasteiger partial charge in [-0.05, 0) is 32.0 Å². The number of carbonyl (C=O) groups excluding carboxylic acids is 1. The fourth-order valence-electron chi connectivity index (χ4n) is 2.58. The average molecular weight is 266 g/mol. The third kappa shape index (κ3) is 2.30. The predicted molar refractivity (Wildman–Crippen MR) is 71.4 cm³/mol. The van der Waals surface area contributed by atoms with E-state index in [0.717, 1.165) is 5.69 Å². The highest BCUT2D eigenvalue weighted by molar-refractivity contribution is 5.90. The summed E-state index contributed by atoms with van der Waals surface area (Å²) in [7, 11) is 1.78. The molecule has 1 aromatic rings. The first-order chi connectivity index (χ1) is 8.87. The lowest BCUT2D eigenvalue weighted by atomic mass is 9.95. The van der Waals surface area contributed by atoms with Crippen LogP contribution in [0.4, 0.5) is 10.1 Å². The Balaban J connectivity index is 2.44. The first-order valence-electron chi connectivity index (χ1n) is 6.30. The van der Waals surface area contributed by atoms with Gasteiger partial charge in [-0.15, -0.1) is 0 Å². The molecule has 1 aliphatic rings. The first-order valence-corrected chi connectivity index (χ1v) is 6.30. The highest BCUT2D eigenvalue weighted by Crippen LogP contribution is 2.31. The smallest absolute Gasteiger partial charge is 0.247 e. The topological polar surface area (TPSA) is 43.8 Å². The van der Waals surface area contributed by atoms with E-state index in [-0.39, 0.29) is 18.3 Å². The van der Waals surface area contributed by atoms with Crippen LogP contribution in [0.15, 0.2) is 18.2 Å². The molecule has 1 N–H and O–H groups in total. The summed E-state index contributed by atoms with van der Waals surface area (Å²) in [6.07, 6.45) is 0. The zero-order valence-electron chi connectivity index (χ0n) is 11.5. The highest BCUT2D eigenvalue weighted by atomic mass is 19.1. The molecule has 0 radical (unpaired) electrons. The van der Waals surface area contributed by atoms with Crippen LogP contribution in [-0.4, -0.2) is 41.6 Å². The van der Waals surface area contributed by atoms with Crippen LogP contribution in [0.5, 0.6) is 0 Å². The quantitative estimate of drug-likeness (QED) is 0.879. The molecule has 1 fully saturated rings. The maximum absolute atomic E-state index is 13.2. The maximum atomic E-state index is 13.2. The predicted octanol–water partition coefficient (Wildman–Crippen LogP) is 1.38. The summed E-state index contributed by atoms with van der Waals surface area (Å²) in [6.45, 7) is 4.72. The Morgan fingerprint density at radius 3 is 2.68 bits per heavy atom. The second-order valence-electron chi connectivity index (χ2n) is 5.37. The lowest BCUT2D eigenvalue weighted by molar-refractivity contribution is -0.136. The van der Waals surface area contributed by atoms with Crippen molar-refractivity contribution < 1.29 is 14.3 Å². The van der Waals surface area contributed by atoms with Crippen LogP contribution in [0, 0.1) is 5.82 Å². The van der Waals surface area contributed by atoms with E-state index in [1.807, 2.05) is 18.7 Å². The molecule has 0 saturated carbocycles. The van der Waals surface area contributed by atoms with E-state index in [2.05, 4.69) is 0 Å². The van der Waals surface area contributed by atoms with E-state index in [9.17, 15) is 14.3 Å². The number of hydrogen-bond acceptors (Lipinski definition) is 3. The molecule has 0 bridgehead atoms.